The van der Waals surface area contributed by atoms with Gasteiger partial charge in [0.1, 0.15) is 18.4 Å². The molecule has 1 aliphatic carbocycles. The molecule has 2 aliphatic rings. The van der Waals surface area contributed by atoms with Gasteiger partial charge in [-0.05, 0) is 19.8 Å². The molecule has 0 amide bonds. The van der Waals surface area contributed by atoms with E-state index >= 15 is 8.78 Å². The summed E-state index contributed by atoms with van der Waals surface area (Å²) in [4.78, 5) is 30.5. The van der Waals surface area contributed by atoms with E-state index in [-0.39, 0.29) is 24.6 Å². The van der Waals surface area contributed by atoms with Crippen molar-refractivity contribution in [2.75, 3.05) is 30.8 Å². The highest BCUT2D eigenvalue weighted by atomic mass is 19.1. The molecular weight excluding hydrogens is 412 g/mol. The third kappa shape index (κ3) is 3.29. The van der Waals surface area contributed by atoms with Gasteiger partial charge in [0.15, 0.2) is 11.6 Å². The Morgan fingerprint density at radius 2 is 2.03 bits per heavy atom. The van der Waals surface area contributed by atoms with Gasteiger partial charge in [-0.3, -0.25) is 4.79 Å². The largest absolute Gasteiger partial charge is 0.477 e. The molecule has 11 heteroatoms. The third-order valence-electron chi connectivity index (χ3n) is 5.85. The molecule has 2 fully saturated rings. The first-order valence-electron chi connectivity index (χ1n) is 9.81. The van der Waals surface area contributed by atoms with Crippen molar-refractivity contribution < 1.29 is 23.5 Å². The summed E-state index contributed by atoms with van der Waals surface area (Å²) in [6.07, 6.45) is 2.79. The fraction of sp³-hybridized carbons (Fsp3) is 0.450. The van der Waals surface area contributed by atoms with Crippen LogP contribution in [0.25, 0.3) is 10.9 Å². The van der Waals surface area contributed by atoms with Crippen LogP contribution < -0.4 is 21.8 Å². The predicted molar refractivity (Wildman–Crippen MR) is 112 cm³/mol. The number of aromatic nitrogens is 1. The SMILES string of the molecule is CO/N=C1\CCN(c2c(F)c(N)c3c(=O)c(C(=O)O)cn(C4CC4)c3c2F)CC1(C)N. The monoisotopic (exact) mass is 435 g/mol. The lowest BCUT2D eigenvalue weighted by atomic mass is 9.89. The van der Waals surface area contributed by atoms with Gasteiger partial charge in [-0.1, -0.05) is 5.16 Å². The summed E-state index contributed by atoms with van der Waals surface area (Å²) in [6, 6.07) is -0.185. The normalized spacial score (nSPS) is 22.9. The van der Waals surface area contributed by atoms with Crippen LogP contribution in [0.15, 0.2) is 16.1 Å². The fourth-order valence-corrected chi connectivity index (χ4v) is 4.17. The highest BCUT2D eigenvalue weighted by Gasteiger charge is 2.38. The van der Waals surface area contributed by atoms with Gasteiger partial charge >= 0.3 is 5.97 Å². The van der Waals surface area contributed by atoms with Crippen LogP contribution in [0.5, 0.6) is 0 Å². The van der Waals surface area contributed by atoms with Gasteiger partial charge in [0.05, 0.1) is 27.8 Å². The smallest absolute Gasteiger partial charge is 0.341 e. The summed E-state index contributed by atoms with van der Waals surface area (Å²) in [7, 11) is 1.39. The molecule has 2 heterocycles. The standard InChI is InChI=1S/C20H23F2N5O4/c1-20(24)8-26(6-5-11(20)25-31-2)17-13(21)15(23)12-16(14(17)22)27(9-3-4-9)7-10(18(12)28)19(29)30/h7,9H,3-6,8,23-24H2,1-2H3,(H,29,30)/b25-11+. The van der Waals surface area contributed by atoms with E-state index in [1.165, 1.54) is 16.6 Å². The minimum atomic E-state index is -1.48. The molecular formula is C20H23F2N5O4. The van der Waals surface area contributed by atoms with E-state index in [2.05, 4.69) is 5.16 Å². The van der Waals surface area contributed by atoms with Crippen molar-refractivity contribution in [3.05, 3.63) is 33.6 Å². The number of halogens is 2. The zero-order valence-corrected chi connectivity index (χ0v) is 17.1. The molecule has 5 N–H and O–H groups in total. The van der Waals surface area contributed by atoms with E-state index in [9.17, 15) is 14.7 Å². The highest BCUT2D eigenvalue weighted by Crippen LogP contribution is 2.42. The average molecular weight is 435 g/mol. The van der Waals surface area contributed by atoms with Gasteiger partial charge in [-0.25, -0.2) is 13.6 Å². The molecule has 1 aromatic carbocycles. The summed E-state index contributed by atoms with van der Waals surface area (Å²) in [5.41, 5.74) is 9.03. The fourth-order valence-electron chi connectivity index (χ4n) is 4.17. The Kier molecular flexibility index (Phi) is 4.88. The number of rotatable bonds is 4. The zero-order valence-electron chi connectivity index (χ0n) is 17.1. The van der Waals surface area contributed by atoms with E-state index in [0.717, 1.165) is 6.20 Å². The molecule has 1 saturated carbocycles. The number of hydrogen-bond donors (Lipinski definition) is 3. The number of aromatic carboxylic acids is 1. The van der Waals surface area contributed by atoms with E-state index in [0.29, 0.717) is 25.0 Å². The number of oxime groups is 1. The summed E-state index contributed by atoms with van der Waals surface area (Å²) >= 11 is 0. The van der Waals surface area contributed by atoms with Crippen molar-refractivity contribution >= 4 is 34.0 Å². The van der Waals surface area contributed by atoms with Crippen molar-refractivity contribution in [1.82, 2.24) is 4.57 Å². The number of benzene rings is 1. The number of carboxylic acid groups (broad SMARTS) is 1. The molecule has 1 aromatic heterocycles. The molecule has 31 heavy (non-hydrogen) atoms. The second-order valence-corrected chi connectivity index (χ2v) is 8.24. The quantitative estimate of drug-likeness (QED) is 0.492. The van der Waals surface area contributed by atoms with Crippen LogP contribution in [0, 0.1) is 11.6 Å². The van der Waals surface area contributed by atoms with Crippen molar-refractivity contribution in [3.63, 3.8) is 0 Å². The van der Waals surface area contributed by atoms with Crippen LogP contribution in [0.1, 0.15) is 42.6 Å². The molecule has 4 rings (SSSR count). The summed E-state index contributed by atoms with van der Waals surface area (Å²) in [5, 5.41) is 12.8. The van der Waals surface area contributed by atoms with E-state index < -0.39 is 50.9 Å². The van der Waals surface area contributed by atoms with Crippen LogP contribution in [0.2, 0.25) is 0 Å². The molecule has 2 aromatic rings. The van der Waals surface area contributed by atoms with Gasteiger partial charge < -0.3 is 30.9 Å². The molecule has 1 saturated heterocycles. The molecule has 9 nitrogen and oxygen atoms in total. The van der Waals surface area contributed by atoms with Crippen molar-refractivity contribution in [2.45, 2.75) is 37.8 Å². The number of hydrogen-bond acceptors (Lipinski definition) is 7. The van der Waals surface area contributed by atoms with Gasteiger partial charge in [0.2, 0.25) is 5.43 Å². The molecule has 1 unspecified atom stereocenters. The van der Waals surface area contributed by atoms with Gasteiger partial charge in [-0.2, -0.15) is 0 Å². The van der Waals surface area contributed by atoms with Crippen LogP contribution in [0.3, 0.4) is 0 Å². The number of piperidine rings is 1. The van der Waals surface area contributed by atoms with E-state index in [1.54, 1.807) is 6.92 Å². The van der Waals surface area contributed by atoms with Gasteiger partial charge in [0, 0.05) is 31.7 Å². The number of anilines is 2. The topological polar surface area (TPSA) is 136 Å². The van der Waals surface area contributed by atoms with Crippen molar-refractivity contribution in [2.24, 2.45) is 10.9 Å². The number of pyridine rings is 1. The molecule has 1 aliphatic heterocycles. The molecule has 166 valence electrons. The Morgan fingerprint density at radius 1 is 1.35 bits per heavy atom. The lowest BCUT2D eigenvalue weighted by Crippen LogP contribution is -2.59. The van der Waals surface area contributed by atoms with Gasteiger partial charge in [-0.15, -0.1) is 0 Å². The van der Waals surface area contributed by atoms with Gasteiger partial charge in [0.25, 0.3) is 0 Å². The minimum Gasteiger partial charge on any atom is -0.477 e. The lowest BCUT2D eigenvalue weighted by molar-refractivity contribution is 0.0695. The van der Waals surface area contributed by atoms with Crippen LogP contribution in [-0.2, 0) is 4.84 Å². The molecule has 0 radical (unpaired) electrons. The maximum atomic E-state index is 15.8. The average Bonchev–Trinajstić information content (AvgIpc) is 3.52. The Balaban J connectivity index is 1.96. The Hall–Kier alpha value is -3.21. The van der Waals surface area contributed by atoms with Crippen molar-refractivity contribution in [3.8, 4) is 0 Å². The minimum absolute atomic E-state index is 0.0366. The first-order valence-corrected chi connectivity index (χ1v) is 9.81. The molecule has 1 atom stereocenters. The lowest BCUT2D eigenvalue weighted by Gasteiger charge is -2.40. The maximum absolute atomic E-state index is 15.8. The zero-order chi connectivity index (χ0) is 22.7. The highest BCUT2D eigenvalue weighted by molar-refractivity contribution is 6.00. The summed E-state index contributed by atoms with van der Waals surface area (Å²) < 4.78 is 32.5. The number of carbonyl (C=O) groups is 1. The number of carboxylic acids is 1. The van der Waals surface area contributed by atoms with E-state index in [4.69, 9.17) is 16.3 Å². The Labute approximate surface area is 175 Å². The van der Waals surface area contributed by atoms with Crippen LogP contribution in [0.4, 0.5) is 20.2 Å². The number of nitrogens with two attached hydrogens (primary N) is 2. The Morgan fingerprint density at radius 3 is 2.58 bits per heavy atom. The van der Waals surface area contributed by atoms with Crippen LogP contribution >= 0.6 is 0 Å². The first kappa shape index (κ1) is 21.0. The third-order valence-corrected chi connectivity index (χ3v) is 5.85. The second kappa shape index (κ2) is 7.19. The molecule has 0 spiro atoms. The summed E-state index contributed by atoms with van der Waals surface area (Å²) in [6.45, 7) is 1.92. The van der Waals surface area contributed by atoms with E-state index in [1.807, 2.05) is 0 Å². The first-order chi connectivity index (χ1) is 14.6. The predicted octanol–water partition coefficient (Wildman–Crippen LogP) is 1.82. The van der Waals surface area contributed by atoms with Crippen molar-refractivity contribution in [1.29, 1.82) is 0 Å². The second-order valence-electron chi connectivity index (χ2n) is 8.24. The van der Waals surface area contributed by atoms with Crippen LogP contribution in [-0.4, -0.2) is 47.1 Å². The molecule has 0 bridgehead atoms. The summed E-state index contributed by atoms with van der Waals surface area (Å²) in [5.74, 6) is -3.56. The number of fused-ring (bicyclic) bond motifs is 1. The number of nitrogen functional groups attached to an aromatic ring is 1. The Bertz CT molecular complexity index is 1190. The maximum Gasteiger partial charge on any atom is 0.341 e. The number of nitrogens with zero attached hydrogens (tertiary/aromatic N) is 3.